The summed E-state index contributed by atoms with van der Waals surface area (Å²) in [7, 11) is 2.11. The molecule has 2 heterocycles. The fourth-order valence-corrected chi connectivity index (χ4v) is 2.40. The van der Waals surface area contributed by atoms with Crippen molar-refractivity contribution < 1.29 is 0 Å². The van der Waals surface area contributed by atoms with Gasteiger partial charge in [0.05, 0.1) is 0 Å². The van der Waals surface area contributed by atoms with Crippen LogP contribution in [-0.2, 0) is 7.05 Å². The molecular weight excluding hydrogens is 232 g/mol. The van der Waals surface area contributed by atoms with Crippen LogP contribution < -0.4 is 0 Å². The lowest BCUT2D eigenvalue weighted by molar-refractivity contribution is 0.892. The summed E-state index contributed by atoms with van der Waals surface area (Å²) in [5.41, 5.74) is 6.14. The van der Waals surface area contributed by atoms with Crippen LogP contribution in [0, 0.1) is 6.92 Å². The van der Waals surface area contributed by atoms with Gasteiger partial charge in [-0.15, -0.1) is 0 Å². The third-order valence-electron chi connectivity index (χ3n) is 3.58. The SMILES string of the molecule is Cc1c(-c2cccnc2)cc(-c2ccccc2)n1C. The van der Waals surface area contributed by atoms with Crippen LogP contribution in [0.5, 0.6) is 0 Å². The molecule has 1 aromatic carbocycles. The van der Waals surface area contributed by atoms with Crippen molar-refractivity contribution >= 4 is 0 Å². The van der Waals surface area contributed by atoms with Crippen LogP contribution in [0.4, 0.5) is 0 Å². The molecule has 0 fully saturated rings. The maximum atomic E-state index is 4.20. The van der Waals surface area contributed by atoms with Crippen molar-refractivity contribution in [3.63, 3.8) is 0 Å². The number of aromatic nitrogens is 2. The second-order valence-corrected chi connectivity index (χ2v) is 4.70. The van der Waals surface area contributed by atoms with E-state index in [9.17, 15) is 0 Å². The van der Waals surface area contributed by atoms with E-state index in [1.54, 1.807) is 6.20 Å². The Labute approximate surface area is 113 Å². The van der Waals surface area contributed by atoms with E-state index >= 15 is 0 Å². The van der Waals surface area contributed by atoms with Gasteiger partial charge in [0.15, 0.2) is 0 Å². The van der Waals surface area contributed by atoms with Gasteiger partial charge in [0.1, 0.15) is 0 Å². The maximum Gasteiger partial charge on any atom is 0.0486 e. The Balaban J connectivity index is 2.16. The lowest BCUT2D eigenvalue weighted by atomic mass is 10.1. The van der Waals surface area contributed by atoms with Gasteiger partial charge in [-0.25, -0.2) is 0 Å². The highest BCUT2D eigenvalue weighted by Crippen LogP contribution is 2.30. The molecule has 3 rings (SSSR count). The first-order valence-corrected chi connectivity index (χ1v) is 6.39. The van der Waals surface area contributed by atoms with Crippen molar-refractivity contribution in [2.75, 3.05) is 0 Å². The van der Waals surface area contributed by atoms with Crippen LogP contribution in [0.25, 0.3) is 22.4 Å². The molecule has 19 heavy (non-hydrogen) atoms. The van der Waals surface area contributed by atoms with E-state index in [2.05, 4.69) is 59.9 Å². The highest BCUT2D eigenvalue weighted by molar-refractivity contribution is 5.74. The van der Waals surface area contributed by atoms with E-state index in [1.807, 2.05) is 18.3 Å². The highest BCUT2D eigenvalue weighted by atomic mass is 15.0. The molecule has 3 aromatic rings. The van der Waals surface area contributed by atoms with Gasteiger partial charge in [-0.1, -0.05) is 36.4 Å². The molecule has 94 valence electrons. The Kier molecular flexibility index (Phi) is 2.92. The van der Waals surface area contributed by atoms with Gasteiger partial charge in [0.2, 0.25) is 0 Å². The van der Waals surface area contributed by atoms with Gasteiger partial charge in [0, 0.05) is 42.0 Å². The molecule has 2 aromatic heterocycles. The van der Waals surface area contributed by atoms with Crippen LogP contribution in [0.2, 0.25) is 0 Å². The first-order chi connectivity index (χ1) is 9.27. The molecular formula is C17H16N2. The molecule has 0 atom stereocenters. The molecule has 0 aliphatic heterocycles. The third kappa shape index (κ3) is 2.06. The molecule has 0 aliphatic carbocycles. The van der Waals surface area contributed by atoms with Crippen LogP contribution in [0.1, 0.15) is 5.69 Å². The monoisotopic (exact) mass is 248 g/mol. The van der Waals surface area contributed by atoms with Gasteiger partial charge in [-0.2, -0.15) is 0 Å². The van der Waals surface area contributed by atoms with Crippen LogP contribution in [0.3, 0.4) is 0 Å². The summed E-state index contributed by atoms with van der Waals surface area (Å²) in [5, 5.41) is 0. The number of hydrogen-bond donors (Lipinski definition) is 0. The topological polar surface area (TPSA) is 17.8 Å². The third-order valence-corrected chi connectivity index (χ3v) is 3.58. The van der Waals surface area contributed by atoms with Crippen molar-refractivity contribution in [3.05, 3.63) is 66.6 Å². The smallest absolute Gasteiger partial charge is 0.0486 e. The molecule has 2 nitrogen and oxygen atoms in total. The Morgan fingerprint density at radius 1 is 0.947 bits per heavy atom. The molecule has 0 N–H and O–H groups in total. The summed E-state index contributed by atoms with van der Waals surface area (Å²) in [4.78, 5) is 4.20. The van der Waals surface area contributed by atoms with E-state index in [0.29, 0.717) is 0 Å². The fraction of sp³-hybridized carbons (Fsp3) is 0.118. The molecule has 0 radical (unpaired) electrons. The normalized spacial score (nSPS) is 10.6. The zero-order valence-electron chi connectivity index (χ0n) is 11.2. The van der Waals surface area contributed by atoms with Gasteiger partial charge in [-0.05, 0) is 24.6 Å². The fourth-order valence-electron chi connectivity index (χ4n) is 2.40. The molecule has 0 aliphatic rings. The summed E-state index contributed by atoms with van der Waals surface area (Å²) < 4.78 is 2.23. The molecule has 0 saturated heterocycles. The molecule has 0 saturated carbocycles. The molecule has 0 spiro atoms. The lowest BCUT2D eigenvalue weighted by Crippen LogP contribution is -1.94. The summed E-state index contributed by atoms with van der Waals surface area (Å²) in [6.45, 7) is 2.15. The standard InChI is InChI=1S/C17H16N2/c1-13-16(15-9-6-10-18-12-15)11-17(19(13)2)14-7-4-3-5-8-14/h3-12H,1-2H3. The Bertz CT molecular complexity index is 622. The van der Waals surface area contributed by atoms with Gasteiger partial charge >= 0.3 is 0 Å². The van der Waals surface area contributed by atoms with E-state index < -0.39 is 0 Å². The minimum absolute atomic E-state index is 1.16. The van der Waals surface area contributed by atoms with Crippen LogP contribution >= 0.6 is 0 Å². The average molecular weight is 248 g/mol. The summed E-state index contributed by atoms with van der Waals surface area (Å²) in [6, 6.07) is 16.8. The lowest BCUT2D eigenvalue weighted by Gasteiger charge is -2.05. The molecule has 0 bridgehead atoms. The van der Waals surface area contributed by atoms with E-state index in [1.165, 1.54) is 22.5 Å². The highest BCUT2D eigenvalue weighted by Gasteiger charge is 2.11. The van der Waals surface area contributed by atoms with Crippen LogP contribution in [0.15, 0.2) is 60.9 Å². The minimum atomic E-state index is 1.16. The first kappa shape index (κ1) is 11.7. The van der Waals surface area contributed by atoms with Gasteiger partial charge in [0.25, 0.3) is 0 Å². The Morgan fingerprint density at radius 3 is 2.37 bits per heavy atom. The Morgan fingerprint density at radius 2 is 1.68 bits per heavy atom. The number of nitrogens with zero attached hydrogens (tertiary/aromatic N) is 2. The zero-order chi connectivity index (χ0) is 13.2. The van der Waals surface area contributed by atoms with Crippen LogP contribution in [-0.4, -0.2) is 9.55 Å². The minimum Gasteiger partial charge on any atom is -0.347 e. The van der Waals surface area contributed by atoms with E-state index in [4.69, 9.17) is 0 Å². The second-order valence-electron chi connectivity index (χ2n) is 4.70. The molecule has 0 amide bonds. The van der Waals surface area contributed by atoms with Gasteiger partial charge < -0.3 is 4.57 Å². The molecule has 0 unspecified atom stereocenters. The van der Waals surface area contributed by atoms with Crippen molar-refractivity contribution in [2.24, 2.45) is 7.05 Å². The average Bonchev–Trinajstić information content (AvgIpc) is 2.77. The van der Waals surface area contributed by atoms with E-state index in [0.717, 1.165) is 5.56 Å². The predicted molar refractivity (Wildman–Crippen MR) is 78.8 cm³/mol. The number of benzene rings is 1. The van der Waals surface area contributed by atoms with Crippen molar-refractivity contribution in [1.29, 1.82) is 0 Å². The Hall–Kier alpha value is -2.35. The predicted octanol–water partition coefficient (Wildman–Crippen LogP) is 4.06. The molecule has 2 heteroatoms. The summed E-state index contributed by atoms with van der Waals surface area (Å²) in [5.74, 6) is 0. The summed E-state index contributed by atoms with van der Waals surface area (Å²) >= 11 is 0. The largest absolute Gasteiger partial charge is 0.347 e. The zero-order valence-corrected chi connectivity index (χ0v) is 11.2. The number of rotatable bonds is 2. The quantitative estimate of drug-likeness (QED) is 0.668. The van der Waals surface area contributed by atoms with Gasteiger partial charge in [-0.3, -0.25) is 4.98 Å². The number of pyridine rings is 1. The van der Waals surface area contributed by atoms with Crippen molar-refractivity contribution in [2.45, 2.75) is 6.92 Å². The maximum absolute atomic E-state index is 4.20. The second kappa shape index (κ2) is 4.73. The van der Waals surface area contributed by atoms with Crippen molar-refractivity contribution in [1.82, 2.24) is 9.55 Å². The number of hydrogen-bond acceptors (Lipinski definition) is 1. The first-order valence-electron chi connectivity index (χ1n) is 6.39. The van der Waals surface area contributed by atoms with Crippen molar-refractivity contribution in [3.8, 4) is 22.4 Å². The summed E-state index contributed by atoms with van der Waals surface area (Å²) in [6.07, 6.45) is 3.72. The van der Waals surface area contributed by atoms with E-state index in [-0.39, 0.29) is 0 Å².